The molecule has 1 aliphatic carbocycles. The van der Waals surface area contributed by atoms with Crippen LogP contribution in [0.3, 0.4) is 0 Å². The largest absolute Gasteiger partial charge is 0.484 e. The number of sulfonamides is 1. The number of ether oxygens (including phenoxy) is 1. The standard InChI is InChI=1S/C22H28N2O4S/c1-2-17-8-6-7-11-21(17)23-22(25)16-28-19-12-14-20(15-13-19)29(26,27)24-18-9-4-3-5-10-18/h6-8,11-15,18,24H,2-5,9-10,16H2,1H3,(H,23,25). The number of para-hydroxylation sites is 1. The van der Waals surface area contributed by atoms with Crippen molar-refractivity contribution in [2.24, 2.45) is 0 Å². The van der Waals surface area contributed by atoms with E-state index in [4.69, 9.17) is 4.74 Å². The molecule has 0 saturated heterocycles. The number of hydrogen-bond donors (Lipinski definition) is 2. The van der Waals surface area contributed by atoms with Crippen LogP contribution in [0.4, 0.5) is 5.69 Å². The summed E-state index contributed by atoms with van der Waals surface area (Å²) in [5.74, 6) is 0.183. The van der Waals surface area contributed by atoms with Gasteiger partial charge in [-0.05, 0) is 55.2 Å². The van der Waals surface area contributed by atoms with Gasteiger partial charge in [-0.3, -0.25) is 4.79 Å². The zero-order chi connectivity index (χ0) is 20.7. The molecule has 1 aliphatic rings. The van der Waals surface area contributed by atoms with E-state index in [9.17, 15) is 13.2 Å². The molecule has 0 aliphatic heterocycles. The second-order valence-electron chi connectivity index (χ2n) is 7.28. The van der Waals surface area contributed by atoms with Crippen LogP contribution in [0.15, 0.2) is 53.4 Å². The van der Waals surface area contributed by atoms with E-state index >= 15 is 0 Å². The summed E-state index contributed by atoms with van der Waals surface area (Å²) in [6.45, 7) is 1.88. The summed E-state index contributed by atoms with van der Waals surface area (Å²) in [4.78, 5) is 12.4. The van der Waals surface area contributed by atoms with Gasteiger partial charge in [0.05, 0.1) is 4.90 Å². The predicted molar refractivity (Wildman–Crippen MR) is 114 cm³/mol. The molecule has 156 valence electrons. The molecule has 2 aromatic rings. The van der Waals surface area contributed by atoms with Gasteiger partial charge in [0, 0.05) is 11.7 Å². The van der Waals surface area contributed by atoms with Crippen molar-refractivity contribution in [1.29, 1.82) is 0 Å². The maximum Gasteiger partial charge on any atom is 0.262 e. The number of hydrogen-bond acceptors (Lipinski definition) is 4. The van der Waals surface area contributed by atoms with E-state index in [1.807, 2.05) is 31.2 Å². The third kappa shape index (κ3) is 6.05. The van der Waals surface area contributed by atoms with Crippen LogP contribution in [-0.2, 0) is 21.2 Å². The predicted octanol–water partition coefficient (Wildman–Crippen LogP) is 3.88. The van der Waals surface area contributed by atoms with Crippen molar-refractivity contribution in [1.82, 2.24) is 4.72 Å². The molecule has 0 aromatic heterocycles. The quantitative estimate of drug-likeness (QED) is 0.684. The number of aryl methyl sites for hydroxylation is 1. The van der Waals surface area contributed by atoms with Crippen LogP contribution in [0.1, 0.15) is 44.6 Å². The summed E-state index contributed by atoms with van der Waals surface area (Å²) in [6.07, 6.45) is 5.88. The fourth-order valence-electron chi connectivity index (χ4n) is 3.51. The third-order valence-electron chi connectivity index (χ3n) is 5.10. The van der Waals surface area contributed by atoms with Gasteiger partial charge in [0.25, 0.3) is 5.91 Å². The molecule has 0 radical (unpaired) electrons. The van der Waals surface area contributed by atoms with Gasteiger partial charge < -0.3 is 10.1 Å². The first-order valence-electron chi connectivity index (χ1n) is 10.1. The average molecular weight is 417 g/mol. The van der Waals surface area contributed by atoms with Crippen molar-refractivity contribution in [3.63, 3.8) is 0 Å². The Balaban J connectivity index is 1.54. The molecule has 29 heavy (non-hydrogen) atoms. The summed E-state index contributed by atoms with van der Waals surface area (Å²) >= 11 is 0. The Bertz CT molecular complexity index is 920. The van der Waals surface area contributed by atoms with Gasteiger partial charge in [-0.25, -0.2) is 13.1 Å². The fourth-order valence-corrected chi connectivity index (χ4v) is 4.81. The van der Waals surface area contributed by atoms with Crippen molar-refractivity contribution in [2.45, 2.75) is 56.4 Å². The van der Waals surface area contributed by atoms with Gasteiger partial charge >= 0.3 is 0 Å². The van der Waals surface area contributed by atoms with Crippen LogP contribution < -0.4 is 14.8 Å². The van der Waals surface area contributed by atoms with Crippen LogP contribution in [0, 0.1) is 0 Å². The van der Waals surface area contributed by atoms with E-state index in [0.29, 0.717) is 5.75 Å². The van der Waals surface area contributed by atoms with Gasteiger partial charge in [-0.2, -0.15) is 0 Å². The fraction of sp³-hybridized carbons (Fsp3) is 0.409. The Morgan fingerprint density at radius 3 is 2.41 bits per heavy atom. The van der Waals surface area contributed by atoms with Gasteiger partial charge in [0.15, 0.2) is 6.61 Å². The van der Waals surface area contributed by atoms with E-state index in [-0.39, 0.29) is 23.5 Å². The molecule has 2 aromatic carbocycles. The van der Waals surface area contributed by atoms with Gasteiger partial charge in [0.2, 0.25) is 10.0 Å². The summed E-state index contributed by atoms with van der Waals surface area (Å²) in [5.41, 5.74) is 1.83. The second-order valence-corrected chi connectivity index (χ2v) is 8.99. The molecule has 3 rings (SSSR count). The highest BCUT2D eigenvalue weighted by atomic mass is 32.2. The molecule has 1 saturated carbocycles. The average Bonchev–Trinajstić information content (AvgIpc) is 2.73. The SMILES string of the molecule is CCc1ccccc1NC(=O)COc1ccc(S(=O)(=O)NC2CCCCC2)cc1. The minimum Gasteiger partial charge on any atom is -0.484 e. The minimum atomic E-state index is -3.54. The molecule has 0 bridgehead atoms. The van der Waals surface area contributed by atoms with E-state index in [2.05, 4.69) is 10.0 Å². The van der Waals surface area contributed by atoms with Crippen LogP contribution in [0.2, 0.25) is 0 Å². The molecule has 6 nitrogen and oxygen atoms in total. The smallest absolute Gasteiger partial charge is 0.262 e. The lowest BCUT2D eigenvalue weighted by Crippen LogP contribution is -2.36. The summed E-state index contributed by atoms with van der Waals surface area (Å²) in [6, 6.07) is 13.8. The molecule has 0 spiro atoms. The van der Waals surface area contributed by atoms with Gasteiger partial charge in [-0.15, -0.1) is 0 Å². The zero-order valence-electron chi connectivity index (χ0n) is 16.7. The van der Waals surface area contributed by atoms with Gasteiger partial charge in [-0.1, -0.05) is 44.4 Å². The number of carbonyl (C=O) groups excluding carboxylic acids is 1. The maximum atomic E-state index is 12.5. The van der Waals surface area contributed by atoms with Crippen molar-refractivity contribution < 1.29 is 17.9 Å². The Kier molecular flexibility index (Phi) is 7.28. The summed E-state index contributed by atoms with van der Waals surface area (Å²) < 4.78 is 33.3. The molecule has 0 heterocycles. The maximum absolute atomic E-state index is 12.5. The molecular formula is C22H28N2O4S. The van der Waals surface area contributed by atoms with E-state index < -0.39 is 10.0 Å². The number of carbonyl (C=O) groups is 1. The number of anilines is 1. The van der Waals surface area contributed by atoms with Gasteiger partial charge in [0.1, 0.15) is 5.75 Å². The van der Waals surface area contributed by atoms with Crippen molar-refractivity contribution in [3.8, 4) is 5.75 Å². The summed E-state index contributed by atoms with van der Waals surface area (Å²) in [5, 5.41) is 2.84. The highest BCUT2D eigenvalue weighted by Gasteiger charge is 2.21. The first kappa shape index (κ1) is 21.3. The topological polar surface area (TPSA) is 84.5 Å². The van der Waals surface area contributed by atoms with Crippen molar-refractivity contribution in [3.05, 3.63) is 54.1 Å². The third-order valence-corrected chi connectivity index (χ3v) is 6.64. The zero-order valence-corrected chi connectivity index (χ0v) is 17.5. The Morgan fingerprint density at radius 1 is 1.03 bits per heavy atom. The lowest BCUT2D eigenvalue weighted by atomic mass is 9.96. The molecule has 2 N–H and O–H groups in total. The van der Waals surface area contributed by atoms with Crippen LogP contribution >= 0.6 is 0 Å². The molecule has 7 heteroatoms. The van der Waals surface area contributed by atoms with Crippen LogP contribution in [0.5, 0.6) is 5.75 Å². The Morgan fingerprint density at radius 2 is 1.72 bits per heavy atom. The Hall–Kier alpha value is -2.38. The number of benzene rings is 2. The lowest BCUT2D eigenvalue weighted by molar-refractivity contribution is -0.118. The van der Waals surface area contributed by atoms with Crippen LogP contribution in [0.25, 0.3) is 0 Å². The van der Waals surface area contributed by atoms with Crippen LogP contribution in [-0.4, -0.2) is 27.0 Å². The van der Waals surface area contributed by atoms with E-state index in [1.165, 1.54) is 18.6 Å². The van der Waals surface area contributed by atoms with Crippen molar-refractivity contribution in [2.75, 3.05) is 11.9 Å². The highest BCUT2D eigenvalue weighted by molar-refractivity contribution is 7.89. The molecule has 0 unspecified atom stereocenters. The first-order valence-corrected chi connectivity index (χ1v) is 11.6. The molecular weight excluding hydrogens is 388 g/mol. The van der Waals surface area contributed by atoms with E-state index in [1.54, 1.807) is 12.1 Å². The number of rotatable bonds is 8. The Labute approximate surface area is 172 Å². The summed E-state index contributed by atoms with van der Waals surface area (Å²) in [7, 11) is -3.54. The number of nitrogens with one attached hydrogen (secondary N) is 2. The second kappa shape index (κ2) is 9.89. The van der Waals surface area contributed by atoms with E-state index in [0.717, 1.165) is 43.4 Å². The normalized spacial score (nSPS) is 15.1. The lowest BCUT2D eigenvalue weighted by Gasteiger charge is -2.22. The first-order chi connectivity index (χ1) is 14.0. The monoisotopic (exact) mass is 416 g/mol. The molecule has 1 fully saturated rings. The number of amides is 1. The minimum absolute atomic E-state index is 0.0133. The molecule has 0 atom stereocenters. The highest BCUT2D eigenvalue weighted by Crippen LogP contribution is 2.21. The van der Waals surface area contributed by atoms with Crippen molar-refractivity contribution >= 4 is 21.6 Å². The molecule has 1 amide bonds.